The van der Waals surface area contributed by atoms with Gasteiger partial charge in [0.15, 0.2) is 0 Å². The molecule has 0 bridgehead atoms. The molecule has 10 nitrogen and oxygen atoms in total. The van der Waals surface area contributed by atoms with E-state index in [1.165, 1.54) is 6.21 Å². The number of methoxy groups -OCH3 is 1. The highest BCUT2D eigenvalue weighted by Gasteiger charge is 2.17. The molecule has 1 aromatic heterocycles. The normalized spacial score (nSPS) is 13.8. The van der Waals surface area contributed by atoms with Crippen LogP contribution in [0.1, 0.15) is 5.56 Å². The van der Waals surface area contributed by atoms with E-state index < -0.39 is 0 Å². The average Bonchev–Trinajstić information content (AvgIpc) is 2.83. The van der Waals surface area contributed by atoms with Crippen molar-refractivity contribution in [3.63, 3.8) is 0 Å². The number of phenolic OH excluding ortho intramolecular Hbond substituents is 1. The number of phenols is 1. The van der Waals surface area contributed by atoms with Gasteiger partial charge in [-0.3, -0.25) is 0 Å². The lowest BCUT2D eigenvalue weighted by molar-refractivity contribution is 0.122. The third-order valence-electron chi connectivity index (χ3n) is 4.69. The summed E-state index contributed by atoms with van der Waals surface area (Å²) in [7, 11) is 1.62. The van der Waals surface area contributed by atoms with Crippen molar-refractivity contribution < 1.29 is 14.6 Å². The quantitative estimate of drug-likeness (QED) is 0.281. The van der Waals surface area contributed by atoms with Crippen molar-refractivity contribution >= 4 is 61.6 Å². The van der Waals surface area contributed by atoms with Crippen LogP contribution in [0.25, 0.3) is 0 Å². The van der Waals surface area contributed by atoms with Gasteiger partial charge in [0.1, 0.15) is 11.5 Å². The van der Waals surface area contributed by atoms with Crippen molar-refractivity contribution in [3.05, 3.63) is 50.9 Å². The number of anilines is 4. The number of benzene rings is 2. The Kier molecular flexibility index (Phi) is 7.57. The van der Waals surface area contributed by atoms with Crippen LogP contribution in [0.5, 0.6) is 11.5 Å². The Balaban J connectivity index is 1.58. The number of halogens is 2. The van der Waals surface area contributed by atoms with E-state index in [2.05, 4.69) is 62.7 Å². The molecule has 1 fully saturated rings. The fourth-order valence-electron chi connectivity index (χ4n) is 3.02. The highest BCUT2D eigenvalue weighted by Crippen LogP contribution is 2.30. The molecule has 2 heterocycles. The lowest BCUT2D eigenvalue weighted by atomic mass is 10.2. The van der Waals surface area contributed by atoms with E-state index in [1.807, 2.05) is 29.2 Å². The minimum Gasteiger partial charge on any atom is -0.506 e. The Labute approximate surface area is 207 Å². The molecule has 0 aliphatic carbocycles. The van der Waals surface area contributed by atoms with Crippen LogP contribution < -0.4 is 20.4 Å². The molecule has 0 saturated carbocycles. The number of nitrogens with one attached hydrogen (secondary N) is 2. The van der Waals surface area contributed by atoms with Gasteiger partial charge in [0, 0.05) is 28.8 Å². The molecule has 172 valence electrons. The maximum absolute atomic E-state index is 10.2. The van der Waals surface area contributed by atoms with E-state index in [0.717, 1.165) is 15.9 Å². The predicted molar refractivity (Wildman–Crippen MR) is 134 cm³/mol. The Hall–Kier alpha value is -2.96. The summed E-state index contributed by atoms with van der Waals surface area (Å²) < 4.78 is 12.0. The van der Waals surface area contributed by atoms with E-state index >= 15 is 0 Å². The molecule has 1 aliphatic rings. The van der Waals surface area contributed by atoms with Crippen molar-refractivity contribution in [1.82, 2.24) is 15.0 Å². The first-order chi connectivity index (χ1) is 16.0. The summed E-state index contributed by atoms with van der Waals surface area (Å²) >= 11 is 6.71. The van der Waals surface area contributed by atoms with Crippen LogP contribution in [0.15, 0.2) is 50.4 Å². The van der Waals surface area contributed by atoms with Crippen LogP contribution in [0.2, 0.25) is 0 Å². The van der Waals surface area contributed by atoms with Crippen LogP contribution in [-0.4, -0.2) is 59.7 Å². The molecule has 12 heteroatoms. The number of rotatable bonds is 7. The molecule has 3 aromatic rings. The predicted octanol–water partition coefficient (Wildman–Crippen LogP) is 4.14. The molecular formula is C21H21Br2N7O3. The first-order valence-corrected chi connectivity index (χ1v) is 11.6. The van der Waals surface area contributed by atoms with Crippen molar-refractivity contribution in [2.24, 2.45) is 5.10 Å². The summed E-state index contributed by atoms with van der Waals surface area (Å²) in [5.41, 5.74) is 4.15. The van der Waals surface area contributed by atoms with Gasteiger partial charge >= 0.3 is 0 Å². The number of morpholine rings is 1. The van der Waals surface area contributed by atoms with Crippen molar-refractivity contribution in [2.75, 3.05) is 49.1 Å². The molecule has 0 atom stereocenters. The second-order valence-electron chi connectivity index (χ2n) is 6.93. The van der Waals surface area contributed by atoms with Crippen LogP contribution in [0.3, 0.4) is 0 Å². The minimum atomic E-state index is 0.0789. The van der Waals surface area contributed by atoms with E-state index in [4.69, 9.17) is 9.47 Å². The van der Waals surface area contributed by atoms with Gasteiger partial charge in [0.05, 0.1) is 31.0 Å². The number of nitrogens with zero attached hydrogens (tertiary/aromatic N) is 5. The van der Waals surface area contributed by atoms with Crippen LogP contribution >= 0.6 is 31.9 Å². The number of aromatic nitrogens is 3. The standard InChI is InChI=1S/C21H21Br2N7O3/c1-32-16-4-2-15(3-5-16)25-19-26-20(28-21(27-19)30-6-8-33-9-7-30)29-24-12-13-10-14(22)11-17(23)18(13)31/h2-5,10-12,31H,6-9H2,1H3,(H2,25,26,27,28,29)/b24-12-. The molecule has 0 amide bonds. The Morgan fingerprint density at radius 3 is 2.55 bits per heavy atom. The second-order valence-corrected chi connectivity index (χ2v) is 8.70. The summed E-state index contributed by atoms with van der Waals surface area (Å²) in [4.78, 5) is 15.5. The van der Waals surface area contributed by atoms with Crippen molar-refractivity contribution in [2.45, 2.75) is 0 Å². The molecular weight excluding hydrogens is 558 g/mol. The zero-order valence-electron chi connectivity index (χ0n) is 17.6. The van der Waals surface area contributed by atoms with Gasteiger partial charge in [0.25, 0.3) is 0 Å². The summed E-state index contributed by atoms with van der Waals surface area (Å²) in [6.07, 6.45) is 1.49. The maximum Gasteiger partial charge on any atom is 0.250 e. The largest absolute Gasteiger partial charge is 0.506 e. The molecule has 0 radical (unpaired) electrons. The number of hydrogen-bond donors (Lipinski definition) is 3. The van der Waals surface area contributed by atoms with E-state index in [0.29, 0.717) is 48.2 Å². The first-order valence-electron chi connectivity index (χ1n) is 9.99. The third kappa shape index (κ3) is 6.09. The van der Waals surface area contributed by atoms with Crippen molar-refractivity contribution in [3.8, 4) is 11.5 Å². The highest BCUT2D eigenvalue weighted by atomic mass is 79.9. The third-order valence-corrected chi connectivity index (χ3v) is 5.75. The number of aromatic hydroxyl groups is 1. The van der Waals surface area contributed by atoms with Crippen molar-refractivity contribution in [1.29, 1.82) is 0 Å². The van der Waals surface area contributed by atoms with Gasteiger partial charge in [-0.15, -0.1) is 0 Å². The minimum absolute atomic E-state index is 0.0789. The number of hydrazone groups is 1. The van der Waals surface area contributed by atoms with Crippen LogP contribution in [-0.2, 0) is 4.74 Å². The second kappa shape index (κ2) is 10.8. The monoisotopic (exact) mass is 577 g/mol. The zero-order chi connectivity index (χ0) is 23.2. The average molecular weight is 579 g/mol. The molecule has 0 spiro atoms. The van der Waals surface area contributed by atoms with Gasteiger partial charge in [-0.2, -0.15) is 20.1 Å². The fraction of sp³-hybridized carbons (Fsp3) is 0.238. The topological polar surface area (TPSA) is 117 Å². The molecule has 2 aromatic carbocycles. The number of hydrogen-bond acceptors (Lipinski definition) is 10. The Morgan fingerprint density at radius 2 is 1.82 bits per heavy atom. The first kappa shape index (κ1) is 23.2. The van der Waals surface area contributed by atoms with Gasteiger partial charge in [0.2, 0.25) is 17.8 Å². The highest BCUT2D eigenvalue weighted by molar-refractivity contribution is 9.11. The summed E-state index contributed by atoms with van der Waals surface area (Å²) in [6, 6.07) is 10.9. The zero-order valence-corrected chi connectivity index (χ0v) is 20.8. The molecule has 1 aliphatic heterocycles. The van der Waals surface area contributed by atoms with Gasteiger partial charge in [-0.25, -0.2) is 5.43 Å². The molecule has 0 unspecified atom stereocenters. The van der Waals surface area contributed by atoms with E-state index in [9.17, 15) is 5.11 Å². The summed E-state index contributed by atoms with van der Waals surface area (Å²) in [6.45, 7) is 2.55. The molecule has 1 saturated heterocycles. The molecule has 4 rings (SSSR count). The van der Waals surface area contributed by atoms with Gasteiger partial charge in [-0.05, 0) is 52.3 Å². The Morgan fingerprint density at radius 1 is 1.09 bits per heavy atom. The molecule has 33 heavy (non-hydrogen) atoms. The number of ether oxygens (including phenoxy) is 2. The maximum atomic E-state index is 10.2. The van der Waals surface area contributed by atoms with Gasteiger partial charge in [-0.1, -0.05) is 15.9 Å². The van der Waals surface area contributed by atoms with Crippen LogP contribution in [0, 0.1) is 0 Å². The Bertz CT molecular complexity index is 1140. The van der Waals surface area contributed by atoms with E-state index in [1.54, 1.807) is 19.2 Å². The summed E-state index contributed by atoms with van der Waals surface area (Å²) in [5.74, 6) is 1.96. The molecule has 3 N–H and O–H groups in total. The van der Waals surface area contributed by atoms with Crippen LogP contribution in [0.4, 0.5) is 23.5 Å². The van der Waals surface area contributed by atoms with E-state index in [-0.39, 0.29) is 11.7 Å². The summed E-state index contributed by atoms with van der Waals surface area (Å²) in [5, 5.41) is 17.6. The fourth-order valence-corrected chi connectivity index (χ4v) is 4.28. The lowest BCUT2D eigenvalue weighted by Crippen LogP contribution is -2.37. The van der Waals surface area contributed by atoms with Gasteiger partial charge < -0.3 is 24.8 Å². The SMILES string of the molecule is COc1ccc(Nc2nc(N/N=C\c3cc(Br)cc(Br)c3O)nc(N3CCOCC3)n2)cc1. The smallest absolute Gasteiger partial charge is 0.250 e. The lowest BCUT2D eigenvalue weighted by Gasteiger charge is -2.27.